The zero-order chi connectivity index (χ0) is 5.98. The normalized spacial score (nSPS) is 29.8. The van der Waals surface area contributed by atoms with Gasteiger partial charge in [-0.25, -0.2) is 0 Å². The lowest BCUT2D eigenvalue weighted by molar-refractivity contribution is 0.745. The molecule has 1 aliphatic rings. The Morgan fingerprint density at radius 1 is 1.75 bits per heavy atom. The lowest BCUT2D eigenvalue weighted by Gasteiger charge is -2.11. The van der Waals surface area contributed by atoms with Gasteiger partial charge in [0.25, 0.3) is 0 Å². The lowest BCUT2D eigenvalue weighted by Crippen LogP contribution is -2.12. The van der Waals surface area contributed by atoms with Crippen LogP contribution >= 0.6 is 11.6 Å². The summed E-state index contributed by atoms with van der Waals surface area (Å²) in [6, 6.07) is 0. The minimum absolute atomic E-state index is 0.304. The van der Waals surface area contributed by atoms with Crippen molar-refractivity contribution in [3.8, 4) is 0 Å². The fourth-order valence-electron chi connectivity index (χ4n) is 0.791. The summed E-state index contributed by atoms with van der Waals surface area (Å²) in [5.74, 6) is 0. The zero-order valence-electron chi connectivity index (χ0n) is 5.02. The van der Waals surface area contributed by atoms with E-state index in [2.05, 4.69) is 11.9 Å². The van der Waals surface area contributed by atoms with Crippen LogP contribution in [0, 0.1) is 0 Å². The van der Waals surface area contributed by atoms with E-state index in [4.69, 9.17) is 11.6 Å². The van der Waals surface area contributed by atoms with Crippen molar-refractivity contribution in [2.75, 3.05) is 6.54 Å². The van der Waals surface area contributed by atoms with Gasteiger partial charge in [-0.1, -0.05) is 0 Å². The van der Waals surface area contributed by atoms with Gasteiger partial charge < -0.3 is 0 Å². The molecule has 0 saturated carbocycles. The van der Waals surface area contributed by atoms with E-state index in [-0.39, 0.29) is 0 Å². The van der Waals surface area contributed by atoms with E-state index in [0.29, 0.717) is 5.38 Å². The molecule has 1 unspecified atom stereocenters. The summed E-state index contributed by atoms with van der Waals surface area (Å²) in [6.45, 7) is 2.89. The van der Waals surface area contributed by atoms with Crippen LogP contribution in [0.1, 0.15) is 19.8 Å². The third-order valence-corrected chi connectivity index (χ3v) is 1.73. The number of hydrogen-bond acceptors (Lipinski definition) is 1. The first-order chi connectivity index (χ1) is 3.79. The van der Waals surface area contributed by atoms with Gasteiger partial charge in [-0.3, -0.25) is 4.99 Å². The molecule has 2 heteroatoms. The predicted octanol–water partition coefficient (Wildman–Crippen LogP) is 1.85. The Balaban J connectivity index is 2.42. The maximum atomic E-state index is 5.77. The second-order valence-corrected chi connectivity index (χ2v) is 2.83. The van der Waals surface area contributed by atoms with Crippen LogP contribution in [0.4, 0.5) is 0 Å². The van der Waals surface area contributed by atoms with Crippen LogP contribution in [0.25, 0.3) is 0 Å². The van der Waals surface area contributed by atoms with Gasteiger partial charge >= 0.3 is 0 Å². The number of rotatable bonds is 0. The highest BCUT2D eigenvalue weighted by molar-refractivity contribution is 6.21. The molecular formula is C6H10ClN. The monoisotopic (exact) mass is 131 g/mol. The average molecular weight is 132 g/mol. The van der Waals surface area contributed by atoms with Crippen molar-refractivity contribution in [1.29, 1.82) is 0 Å². The molecule has 0 aromatic rings. The fourth-order valence-corrected chi connectivity index (χ4v) is 0.969. The van der Waals surface area contributed by atoms with Crippen LogP contribution in [-0.4, -0.2) is 17.6 Å². The van der Waals surface area contributed by atoms with Crippen molar-refractivity contribution in [3.63, 3.8) is 0 Å². The molecule has 0 aromatic carbocycles. The standard InChI is InChI=1S/C6H10ClN/c1-5-2-3-6(7)4-8-5/h6H,2-4H2,1H3. The maximum absolute atomic E-state index is 5.77. The number of halogens is 1. The first kappa shape index (κ1) is 6.09. The quantitative estimate of drug-likeness (QED) is 0.445. The molecule has 46 valence electrons. The molecule has 8 heavy (non-hydrogen) atoms. The Labute approximate surface area is 54.8 Å². The van der Waals surface area contributed by atoms with Gasteiger partial charge in [-0.2, -0.15) is 0 Å². The molecule has 0 saturated heterocycles. The molecule has 0 bridgehead atoms. The van der Waals surface area contributed by atoms with Crippen molar-refractivity contribution in [1.82, 2.24) is 0 Å². The Kier molecular flexibility index (Phi) is 1.90. The van der Waals surface area contributed by atoms with Crippen molar-refractivity contribution in [3.05, 3.63) is 0 Å². The summed E-state index contributed by atoms with van der Waals surface area (Å²) in [4.78, 5) is 4.20. The molecule has 0 spiro atoms. The Morgan fingerprint density at radius 2 is 2.50 bits per heavy atom. The molecule has 0 aromatic heterocycles. The van der Waals surface area contributed by atoms with Crippen molar-refractivity contribution < 1.29 is 0 Å². The Hall–Kier alpha value is -0.0400. The summed E-state index contributed by atoms with van der Waals surface area (Å²) >= 11 is 5.77. The smallest absolute Gasteiger partial charge is 0.0552 e. The van der Waals surface area contributed by atoms with Crippen LogP contribution in [-0.2, 0) is 0 Å². The third kappa shape index (κ3) is 1.48. The first-order valence-electron chi connectivity index (χ1n) is 2.93. The third-order valence-electron chi connectivity index (χ3n) is 1.38. The molecule has 1 aliphatic heterocycles. The second-order valence-electron chi connectivity index (χ2n) is 2.21. The molecule has 0 fully saturated rings. The van der Waals surface area contributed by atoms with Crippen LogP contribution in [0.5, 0.6) is 0 Å². The van der Waals surface area contributed by atoms with Gasteiger partial charge in [0.15, 0.2) is 0 Å². The molecule has 0 radical (unpaired) electrons. The summed E-state index contributed by atoms with van der Waals surface area (Å²) in [7, 11) is 0. The Morgan fingerprint density at radius 3 is 2.88 bits per heavy atom. The molecule has 1 atom stereocenters. The molecule has 0 amide bonds. The average Bonchev–Trinajstić information content (AvgIpc) is 1.77. The molecule has 0 N–H and O–H groups in total. The molecule has 1 rings (SSSR count). The van der Waals surface area contributed by atoms with E-state index in [0.717, 1.165) is 19.4 Å². The van der Waals surface area contributed by atoms with E-state index >= 15 is 0 Å². The summed E-state index contributed by atoms with van der Waals surface area (Å²) in [5, 5.41) is 0.304. The van der Waals surface area contributed by atoms with Gasteiger partial charge in [-0.15, -0.1) is 11.6 Å². The van der Waals surface area contributed by atoms with Crippen molar-refractivity contribution in [2.24, 2.45) is 4.99 Å². The number of nitrogens with zero attached hydrogens (tertiary/aromatic N) is 1. The van der Waals surface area contributed by atoms with Gasteiger partial charge in [-0.05, 0) is 19.8 Å². The van der Waals surface area contributed by atoms with E-state index in [1.807, 2.05) is 0 Å². The first-order valence-corrected chi connectivity index (χ1v) is 3.36. The van der Waals surface area contributed by atoms with Gasteiger partial charge in [0, 0.05) is 5.71 Å². The minimum Gasteiger partial charge on any atom is -0.293 e. The van der Waals surface area contributed by atoms with Gasteiger partial charge in [0.1, 0.15) is 0 Å². The number of aliphatic imine (C=N–C) groups is 1. The summed E-state index contributed by atoms with van der Waals surface area (Å²) < 4.78 is 0. The van der Waals surface area contributed by atoms with Crippen LogP contribution in [0.15, 0.2) is 4.99 Å². The van der Waals surface area contributed by atoms with E-state index < -0.39 is 0 Å². The molecular weight excluding hydrogens is 122 g/mol. The topological polar surface area (TPSA) is 12.4 Å². The van der Waals surface area contributed by atoms with Gasteiger partial charge in [0.2, 0.25) is 0 Å². The minimum atomic E-state index is 0.304. The summed E-state index contributed by atoms with van der Waals surface area (Å²) in [5.41, 5.74) is 1.25. The Bertz CT molecular complexity index is 109. The number of hydrogen-bond donors (Lipinski definition) is 0. The van der Waals surface area contributed by atoms with Crippen LogP contribution in [0.3, 0.4) is 0 Å². The fraction of sp³-hybridized carbons (Fsp3) is 0.833. The highest BCUT2D eigenvalue weighted by Crippen LogP contribution is 2.11. The van der Waals surface area contributed by atoms with Gasteiger partial charge in [0.05, 0.1) is 11.9 Å². The second kappa shape index (κ2) is 2.49. The molecule has 1 nitrogen and oxygen atoms in total. The molecule has 1 heterocycles. The lowest BCUT2D eigenvalue weighted by atomic mass is 10.1. The van der Waals surface area contributed by atoms with Crippen LogP contribution in [0.2, 0.25) is 0 Å². The van der Waals surface area contributed by atoms with Crippen LogP contribution < -0.4 is 0 Å². The number of alkyl halides is 1. The zero-order valence-corrected chi connectivity index (χ0v) is 5.78. The maximum Gasteiger partial charge on any atom is 0.0552 e. The van der Waals surface area contributed by atoms with Crippen molar-refractivity contribution >= 4 is 17.3 Å². The predicted molar refractivity (Wildman–Crippen MR) is 36.9 cm³/mol. The van der Waals surface area contributed by atoms with E-state index in [9.17, 15) is 0 Å². The van der Waals surface area contributed by atoms with Crippen molar-refractivity contribution in [2.45, 2.75) is 25.1 Å². The highest BCUT2D eigenvalue weighted by atomic mass is 35.5. The largest absolute Gasteiger partial charge is 0.293 e. The van der Waals surface area contributed by atoms with E-state index in [1.54, 1.807) is 0 Å². The highest BCUT2D eigenvalue weighted by Gasteiger charge is 2.08. The summed E-state index contributed by atoms with van der Waals surface area (Å²) in [6.07, 6.45) is 2.20. The SMILES string of the molecule is CC1=NCC(Cl)CC1. The van der Waals surface area contributed by atoms with E-state index in [1.165, 1.54) is 5.71 Å². The molecule has 0 aliphatic carbocycles.